The first-order chi connectivity index (χ1) is 12.9. The molecule has 0 saturated carbocycles. The van der Waals surface area contributed by atoms with Gasteiger partial charge >= 0.3 is 5.97 Å². The van der Waals surface area contributed by atoms with Gasteiger partial charge < -0.3 is 9.64 Å². The molecule has 0 fully saturated rings. The number of aromatic nitrogens is 3. The summed E-state index contributed by atoms with van der Waals surface area (Å²) in [7, 11) is 3.08. The molecule has 1 amide bonds. The molecule has 0 saturated heterocycles. The summed E-state index contributed by atoms with van der Waals surface area (Å²) in [6, 6.07) is 9.01. The van der Waals surface area contributed by atoms with E-state index < -0.39 is 0 Å². The summed E-state index contributed by atoms with van der Waals surface area (Å²) < 4.78 is 6.52. The Kier molecular flexibility index (Phi) is 5.21. The lowest BCUT2D eigenvalue weighted by Gasteiger charge is -2.17. The number of carbonyl (C=O) groups is 2. The van der Waals surface area contributed by atoms with Crippen molar-refractivity contribution in [2.75, 3.05) is 14.2 Å². The Morgan fingerprint density at radius 2 is 1.85 bits per heavy atom. The lowest BCUT2D eigenvalue weighted by atomic mass is 10.1. The summed E-state index contributed by atoms with van der Waals surface area (Å²) in [4.78, 5) is 30.3. The van der Waals surface area contributed by atoms with Crippen molar-refractivity contribution in [3.63, 3.8) is 0 Å². The van der Waals surface area contributed by atoms with Crippen LogP contribution < -0.4 is 0 Å². The van der Waals surface area contributed by atoms with Crippen LogP contribution in [0.4, 0.5) is 0 Å². The van der Waals surface area contributed by atoms with Crippen LogP contribution in [0.2, 0.25) is 0 Å². The zero-order chi connectivity index (χ0) is 19.6. The zero-order valence-corrected chi connectivity index (χ0v) is 15.8. The highest BCUT2D eigenvalue weighted by Gasteiger charge is 2.16. The predicted octanol–water partition coefficient (Wildman–Crippen LogP) is 3.07. The summed E-state index contributed by atoms with van der Waals surface area (Å²) in [6.07, 6.45) is 3.31. The minimum atomic E-state index is -0.382. The van der Waals surface area contributed by atoms with Crippen LogP contribution in [-0.4, -0.2) is 45.7 Å². The molecule has 140 valence electrons. The standard InChI is InChI=1S/C20H22N4O3/c1-13(2)24-18-16(11-22-24)9-17(10-21-18)19(25)23(3)12-14-5-7-15(8-6-14)20(26)27-4/h5-11,13H,12H2,1-4H3. The largest absolute Gasteiger partial charge is 0.465 e. The van der Waals surface area contributed by atoms with Crippen LogP contribution in [0.25, 0.3) is 11.0 Å². The average Bonchev–Trinajstić information content (AvgIpc) is 3.10. The number of hydrogen-bond donors (Lipinski definition) is 0. The van der Waals surface area contributed by atoms with E-state index in [4.69, 9.17) is 0 Å². The number of methoxy groups -OCH3 is 1. The summed E-state index contributed by atoms with van der Waals surface area (Å²) in [5.74, 6) is -0.508. The lowest BCUT2D eigenvalue weighted by Crippen LogP contribution is -2.26. The van der Waals surface area contributed by atoms with Crippen LogP contribution >= 0.6 is 0 Å². The Labute approximate surface area is 157 Å². The fourth-order valence-electron chi connectivity index (χ4n) is 2.87. The Morgan fingerprint density at radius 3 is 2.48 bits per heavy atom. The van der Waals surface area contributed by atoms with Crippen LogP contribution in [-0.2, 0) is 11.3 Å². The molecule has 3 rings (SSSR count). The SMILES string of the molecule is COC(=O)c1ccc(CN(C)C(=O)c2cnc3c(cnn3C(C)C)c2)cc1. The maximum absolute atomic E-state index is 12.7. The molecule has 2 aromatic heterocycles. The molecule has 0 aliphatic rings. The van der Waals surface area contributed by atoms with Crippen LogP contribution in [0.5, 0.6) is 0 Å². The lowest BCUT2D eigenvalue weighted by molar-refractivity contribution is 0.0600. The van der Waals surface area contributed by atoms with Crippen molar-refractivity contribution in [3.8, 4) is 0 Å². The van der Waals surface area contributed by atoms with E-state index in [0.29, 0.717) is 17.7 Å². The maximum Gasteiger partial charge on any atom is 0.337 e. The van der Waals surface area contributed by atoms with E-state index in [1.54, 1.807) is 36.5 Å². The van der Waals surface area contributed by atoms with Crippen molar-refractivity contribution in [2.45, 2.75) is 26.4 Å². The van der Waals surface area contributed by atoms with E-state index in [1.807, 2.05) is 36.7 Å². The molecular weight excluding hydrogens is 344 g/mol. The number of carbonyl (C=O) groups excluding carboxylic acids is 2. The molecule has 2 heterocycles. The smallest absolute Gasteiger partial charge is 0.337 e. The highest BCUT2D eigenvalue weighted by molar-refractivity contribution is 5.96. The molecular formula is C20H22N4O3. The normalized spacial score (nSPS) is 11.0. The van der Waals surface area contributed by atoms with Gasteiger partial charge in [0.05, 0.1) is 24.4 Å². The monoisotopic (exact) mass is 366 g/mol. The fraction of sp³-hybridized carbons (Fsp3) is 0.300. The van der Waals surface area contributed by atoms with E-state index in [1.165, 1.54) is 7.11 Å². The number of fused-ring (bicyclic) bond motifs is 1. The molecule has 27 heavy (non-hydrogen) atoms. The number of hydrogen-bond acceptors (Lipinski definition) is 5. The second kappa shape index (κ2) is 7.57. The summed E-state index contributed by atoms with van der Waals surface area (Å²) in [5, 5.41) is 5.17. The molecule has 0 aliphatic heterocycles. The second-order valence-corrected chi connectivity index (χ2v) is 6.67. The Morgan fingerprint density at radius 1 is 1.15 bits per heavy atom. The van der Waals surface area contributed by atoms with Crippen molar-refractivity contribution in [1.29, 1.82) is 0 Å². The molecule has 0 bridgehead atoms. The quantitative estimate of drug-likeness (QED) is 0.649. The predicted molar refractivity (Wildman–Crippen MR) is 101 cm³/mol. The third-order valence-electron chi connectivity index (χ3n) is 4.31. The first-order valence-corrected chi connectivity index (χ1v) is 8.66. The highest BCUT2D eigenvalue weighted by atomic mass is 16.5. The maximum atomic E-state index is 12.7. The molecule has 0 aliphatic carbocycles. The van der Waals surface area contributed by atoms with Gasteiger partial charge in [0, 0.05) is 31.2 Å². The fourth-order valence-corrected chi connectivity index (χ4v) is 2.87. The van der Waals surface area contributed by atoms with E-state index in [9.17, 15) is 9.59 Å². The molecule has 3 aromatic rings. The van der Waals surface area contributed by atoms with Crippen molar-refractivity contribution in [2.24, 2.45) is 0 Å². The summed E-state index contributed by atoms with van der Waals surface area (Å²) in [5.41, 5.74) is 2.68. The van der Waals surface area contributed by atoms with Crippen molar-refractivity contribution < 1.29 is 14.3 Å². The van der Waals surface area contributed by atoms with Gasteiger partial charge in [-0.3, -0.25) is 4.79 Å². The van der Waals surface area contributed by atoms with Gasteiger partial charge in [-0.1, -0.05) is 12.1 Å². The molecule has 7 heteroatoms. The van der Waals surface area contributed by atoms with Crippen LogP contribution in [0.3, 0.4) is 0 Å². The van der Waals surface area contributed by atoms with Gasteiger partial charge in [0.1, 0.15) is 0 Å². The van der Waals surface area contributed by atoms with Gasteiger partial charge in [-0.05, 0) is 37.6 Å². The molecule has 0 radical (unpaired) electrons. The Hall–Kier alpha value is -3.22. The topological polar surface area (TPSA) is 77.3 Å². The van der Waals surface area contributed by atoms with Gasteiger partial charge in [0.2, 0.25) is 0 Å². The molecule has 0 atom stereocenters. The summed E-state index contributed by atoms with van der Waals surface area (Å²) in [6.45, 7) is 4.49. The van der Waals surface area contributed by atoms with Crippen LogP contribution in [0.1, 0.15) is 46.2 Å². The Bertz CT molecular complexity index is 977. The molecule has 1 aromatic carbocycles. The van der Waals surface area contributed by atoms with Gasteiger partial charge in [-0.15, -0.1) is 0 Å². The van der Waals surface area contributed by atoms with Crippen molar-refractivity contribution >= 4 is 22.9 Å². The summed E-state index contributed by atoms with van der Waals surface area (Å²) >= 11 is 0. The average molecular weight is 366 g/mol. The van der Waals surface area contributed by atoms with Gasteiger partial charge in [0.25, 0.3) is 5.91 Å². The number of esters is 1. The van der Waals surface area contributed by atoms with Crippen LogP contribution in [0.15, 0.2) is 42.7 Å². The number of amides is 1. The number of pyridine rings is 1. The van der Waals surface area contributed by atoms with E-state index in [-0.39, 0.29) is 17.9 Å². The van der Waals surface area contributed by atoms with Gasteiger partial charge in [-0.2, -0.15) is 5.10 Å². The molecule has 0 spiro atoms. The third-order valence-corrected chi connectivity index (χ3v) is 4.31. The minimum absolute atomic E-state index is 0.126. The zero-order valence-electron chi connectivity index (χ0n) is 15.8. The first-order valence-electron chi connectivity index (χ1n) is 8.66. The number of rotatable bonds is 5. The number of ether oxygens (including phenoxy) is 1. The number of benzene rings is 1. The molecule has 0 unspecified atom stereocenters. The van der Waals surface area contributed by atoms with Crippen molar-refractivity contribution in [3.05, 3.63) is 59.4 Å². The van der Waals surface area contributed by atoms with E-state index >= 15 is 0 Å². The van der Waals surface area contributed by atoms with E-state index in [2.05, 4.69) is 14.8 Å². The number of nitrogens with zero attached hydrogens (tertiary/aromatic N) is 4. The highest BCUT2D eigenvalue weighted by Crippen LogP contribution is 2.18. The second-order valence-electron chi connectivity index (χ2n) is 6.67. The minimum Gasteiger partial charge on any atom is -0.465 e. The van der Waals surface area contributed by atoms with Gasteiger partial charge in [0.15, 0.2) is 5.65 Å². The molecule has 0 N–H and O–H groups in total. The molecule has 7 nitrogen and oxygen atoms in total. The first kappa shape index (κ1) is 18.6. The van der Waals surface area contributed by atoms with Gasteiger partial charge in [-0.25, -0.2) is 14.5 Å². The van der Waals surface area contributed by atoms with E-state index in [0.717, 1.165) is 16.6 Å². The van der Waals surface area contributed by atoms with Crippen LogP contribution in [0, 0.1) is 0 Å². The third kappa shape index (κ3) is 3.81. The Balaban J connectivity index is 1.75. The van der Waals surface area contributed by atoms with Crippen molar-refractivity contribution in [1.82, 2.24) is 19.7 Å².